The van der Waals surface area contributed by atoms with Crippen LogP contribution in [-0.4, -0.2) is 56.2 Å². The van der Waals surface area contributed by atoms with E-state index in [1.165, 1.54) is 11.3 Å². The van der Waals surface area contributed by atoms with E-state index in [0.29, 0.717) is 18.3 Å². The second-order valence-electron chi connectivity index (χ2n) is 4.00. The normalized spacial score (nSPS) is 10.8. The van der Waals surface area contributed by atoms with Gasteiger partial charge in [0.2, 0.25) is 5.91 Å². The molecule has 0 saturated heterocycles. The summed E-state index contributed by atoms with van der Waals surface area (Å²) in [6.45, 7) is 2.98. The second kappa shape index (κ2) is 8.02. The number of likely N-dealkylation sites (N-methyl/N-ethyl adjacent to an activating group) is 1. The first kappa shape index (κ1) is 14.9. The third kappa shape index (κ3) is 5.95. The lowest BCUT2D eigenvalue weighted by atomic mass is 10.3. The molecular weight excluding hydrogens is 252 g/mol. The standard InChI is InChI=1S/C11H20N4O2S/c1-15(5-6-17-2)4-3-13-10(16)7-9-8-18-11(12)14-9/h8H,3-7H2,1-2H3,(H2,12,14)(H,13,16). The van der Waals surface area contributed by atoms with E-state index in [4.69, 9.17) is 10.5 Å². The van der Waals surface area contributed by atoms with Crippen molar-refractivity contribution in [3.63, 3.8) is 0 Å². The summed E-state index contributed by atoms with van der Waals surface area (Å²) in [5.74, 6) is -0.0274. The Bertz CT molecular complexity index is 370. The predicted octanol–water partition coefficient (Wildman–Crippen LogP) is -0.0378. The predicted molar refractivity (Wildman–Crippen MR) is 72.6 cm³/mol. The van der Waals surface area contributed by atoms with Gasteiger partial charge < -0.3 is 20.7 Å². The molecule has 18 heavy (non-hydrogen) atoms. The van der Waals surface area contributed by atoms with E-state index in [-0.39, 0.29) is 12.3 Å². The molecule has 1 rings (SSSR count). The third-order valence-corrected chi connectivity index (χ3v) is 3.13. The number of amides is 1. The van der Waals surface area contributed by atoms with E-state index >= 15 is 0 Å². The number of carbonyl (C=O) groups is 1. The highest BCUT2D eigenvalue weighted by Gasteiger charge is 2.06. The van der Waals surface area contributed by atoms with Crippen LogP contribution < -0.4 is 11.1 Å². The van der Waals surface area contributed by atoms with Gasteiger partial charge in [-0.15, -0.1) is 11.3 Å². The number of nitrogens with one attached hydrogen (secondary N) is 1. The molecule has 1 heterocycles. The number of carbonyl (C=O) groups excluding carboxylic acids is 1. The largest absolute Gasteiger partial charge is 0.383 e. The summed E-state index contributed by atoms with van der Waals surface area (Å²) in [5.41, 5.74) is 6.22. The van der Waals surface area contributed by atoms with Crippen molar-refractivity contribution in [3.8, 4) is 0 Å². The molecule has 1 amide bonds. The number of nitrogens with zero attached hydrogens (tertiary/aromatic N) is 2. The van der Waals surface area contributed by atoms with Gasteiger partial charge >= 0.3 is 0 Å². The molecule has 0 atom stereocenters. The van der Waals surface area contributed by atoms with Crippen LogP contribution in [0.1, 0.15) is 5.69 Å². The molecule has 0 aliphatic carbocycles. The van der Waals surface area contributed by atoms with Gasteiger partial charge in [-0.1, -0.05) is 0 Å². The fourth-order valence-corrected chi connectivity index (χ4v) is 1.94. The minimum absolute atomic E-state index is 0.0274. The first-order chi connectivity index (χ1) is 8.61. The van der Waals surface area contributed by atoms with Crippen molar-refractivity contribution < 1.29 is 9.53 Å². The van der Waals surface area contributed by atoms with Crippen LogP contribution in [-0.2, 0) is 16.0 Å². The summed E-state index contributed by atoms with van der Waals surface area (Å²) >= 11 is 1.35. The Labute approximate surface area is 111 Å². The monoisotopic (exact) mass is 272 g/mol. The molecule has 0 aliphatic heterocycles. The number of methoxy groups -OCH3 is 1. The van der Waals surface area contributed by atoms with Crippen LogP contribution in [0.2, 0.25) is 0 Å². The quantitative estimate of drug-likeness (QED) is 0.694. The van der Waals surface area contributed by atoms with Crippen molar-refractivity contribution in [2.45, 2.75) is 6.42 Å². The molecule has 0 spiro atoms. The summed E-state index contributed by atoms with van der Waals surface area (Å²) < 4.78 is 4.97. The lowest BCUT2D eigenvalue weighted by molar-refractivity contribution is -0.120. The number of nitrogen functional groups attached to an aromatic ring is 1. The molecule has 0 fully saturated rings. The fraction of sp³-hybridized carbons (Fsp3) is 0.636. The van der Waals surface area contributed by atoms with Crippen LogP contribution in [0.5, 0.6) is 0 Å². The minimum atomic E-state index is -0.0274. The van der Waals surface area contributed by atoms with E-state index in [2.05, 4.69) is 15.2 Å². The number of aromatic nitrogens is 1. The van der Waals surface area contributed by atoms with Crippen molar-refractivity contribution in [3.05, 3.63) is 11.1 Å². The van der Waals surface area contributed by atoms with Crippen LogP contribution in [0, 0.1) is 0 Å². The maximum absolute atomic E-state index is 11.6. The first-order valence-electron chi connectivity index (χ1n) is 5.76. The highest BCUT2D eigenvalue weighted by atomic mass is 32.1. The minimum Gasteiger partial charge on any atom is -0.383 e. The number of ether oxygens (including phenoxy) is 1. The SMILES string of the molecule is COCCN(C)CCNC(=O)Cc1csc(N)n1. The van der Waals surface area contributed by atoms with Crippen LogP contribution in [0.15, 0.2) is 5.38 Å². The Morgan fingerprint density at radius 2 is 2.39 bits per heavy atom. The van der Waals surface area contributed by atoms with E-state index in [1.807, 2.05) is 7.05 Å². The van der Waals surface area contributed by atoms with E-state index < -0.39 is 0 Å². The van der Waals surface area contributed by atoms with E-state index in [0.717, 1.165) is 18.8 Å². The molecule has 0 aliphatic rings. The molecule has 102 valence electrons. The average Bonchev–Trinajstić information content (AvgIpc) is 2.72. The number of anilines is 1. The van der Waals surface area contributed by atoms with Gasteiger partial charge in [0.05, 0.1) is 18.7 Å². The lowest BCUT2D eigenvalue weighted by Gasteiger charge is -2.15. The summed E-state index contributed by atoms with van der Waals surface area (Å²) in [7, 11) is 3.67. The Kier molecular flexibility index (Phi) is 6.63. The van der Waals surface area contributed by atoms with Crippen molar-refractivity contribution in [1.29, 1.82) is 0 Å². The lowest BCUT2D eigenvalue weighted by Crippen LogP contribution is -2.35. The molecule has 3 N–H and O–H groups in total. The van der Waals surface area contributed by atoms with Gasteiger partial charge in [-0.25, -0.2) is 4.98 Å². The Hall–Kier alpha value is -1.18. The molecule has 1 aromatic rings. The van der Waals surface area contributed by atoms with Gasteiger partial charge in [0.25, 0.3) is 0 Å². The van der Waals surface area contributed by atoms with Crippen molar-refractivity contribution in [2.75, 3.05) is 46.1 Å². The summed E-state index contributed by atoms with van der Waals surface area (Å²) in [4.78, 5) is 17.7. The van der Waals surface area contributed by atoms with Crippen molar-refractivity contribution in [1.82, 2.24) is 15.2 Å². The summed E-state index contributed by atoms with van der Waals surface area (Å²) in [6, 6.07) is 0. The van der Waals surface area contributed by atoms with Crippen LogP contribution in [0.3, 0.4) is 0 Å². The Balaban J connectivity index is 2.13. The molecule has 0 unspecified atom stereocenters. The van der Waals surface area contributed by atoms with E-state index in [1.54, 1.807) is 12.5 Å². The molecule has 0 saturated carbocycles. The average molecular weight is 272 g/mol. The van der Waals surface area contributed by atoms with Crippen LogP contribution >= 0.6 is 11.3 Å². The van der Waals surface area contributed by atoms with Crippen molar-refractivity contribution in [2.24, 2.45) is 0 Å². The number of hydrogen-bond donors (Lipinski definition) is 2. The molecule has 0 aromatic carbocycles. The Morgan fingerprint density at radius 3 is 3.00 bits per heavy atom. The van der Waals surface area contributed by atoms with Gasteiger partial charge in [0.1, 0.15) is 0 Å². The zero-order valence-corrected chi connectivity index (χ0v) is 11.6. The molecule has 0 radical (unpaired) electrons. The maximum atomic E-state index is 11.6. The summed E-state index contributed by atoms with van der Waals surface area (Å²) in [6.07, 6.45) is 0.287. The second-order valence-corrected chi connectivity index (χ2v) is 4.89. The number of hydrogen-bond acceptors (Lipinski definition) is 6. The van der Waals surface area contributed by atoms with Gasteiger partial charge in [-0.05, 0) is 7.05 Å². The maximum Gasteiger partial charge on any atom is 0.226 e. The highest BCUT2D eigenvalue weighted by Crippen LogP contribution is 2.10. The number of nitrogens with two attached hydrogens (primary N) is 1. The third-order valence-electron chi connectivity index (χ3n) is 2.40. The molecular formula is C11H20N4O2S. The van der Waals surface area contributed by atoms with Gasteiger partial charge in [0.15, 0.2) is 5.13 Å². The van der Waals surface area contributed by atoms with Crippen LogP contribution in [0.25, 0.3) is 0 Å². The topological polar surface area (TPSA) is 80.5 Å². The smallest absolute Gasteiger partial charge is 0.226 e. The number of rotatable bonds is 8. The van der Waals surface area contributed by atoms with Gasteiger partial charge in [-0.2, -0.15) is 0 Å². The van der Waals surface area contributed by atoms with Crippen LogP contribution in [0.4, 0.5) is 5.13 Å². The summed E-state index contributed by atoms with van der Waals surface area (Å²) in [5, 5.41) is 5.15. The molecule has 0 bridgehead atoms. The highest BCUT2D eigenvalue weighted by molar-refractivity contribution is 7.13. The van der Waals surface area contributed by atoms with E-state index in [9.17, 15) is 4.79 Å². The number of thiazole rings is 1. The van der Waals surface area contributed by atoms with Gasteiger partial charge in [0, 0.05) is 32.1 Å². The molecule has 7 heteroatoms. The fourth-order valence-electron chi connectivity index (χ4n) is 1.38. The molecule has 1 aromatic heterocycles. The first-order valence-corrected chi connectivity index (χ1v) is 6.64. The molecule has 6 nitrogen and oxygen atoms in total. The Morgan fingerprint density at radius 1 is 1.61 bits per heavy atom. The van der Waals surface area contributed by atoms with Gasteiger partial charge in [-0.3, -0.25) is 4.79 Å². The zero-order valence-electron chi connectivity index (χ0n) is 10.8. The zero-order chi connectivity index (χ0) is 13.4. The van der Waals surface area contributed by atoms with Crippen molar-refractivity contribution >= 4 is 22.4 Å².